The van der Waals surface area contributed by atoms with Crippen LogP contribution in [0.4, 0.5) is 10.2 Å². The Morgan fingerprint density at radius 2 is 2.10 bits per heavy atom. The van der Waals surface area contributed by atoms with Gasteiger partial charge >= 0.3 is 0 Å². The van der Waals surface area contributed by atoms with Crippen LogP contribution < -0.4 is 9.64 Å². The monoisotopic (exact) mass is 314 g/mol. The lowest BCUT2D eigenvalue weighted by atomic mass is 10.2. The van der Waals surface area contributed by atoms with Crippen molar-refractivity contribution in [1.29, 1.82) is 0 Å². The van der Waals surface area contributed by atoms with E-state index in [2.05, 4.69) is 19.9 Å². The Balaban J connectivity index is 2.11. The van der Waals surface area contributed by atoms with E-state index < -0.39 is 5.82 Å². The van der Waals surface area contributed by atoms with Crippen LogP contribution in [0.1, 0.15) is 12.8 Å². The molecule has 4 heterocycles. The predicted octanol–water partition coefficient (Wildman–Crippen LogP) is 2.83. The first kappa shape index (κ1) is 12.3. The maximum Gasteiger partial charge on any atom is 0.228 e. The summed E-state index contributed by atoms with van der Waals surface area (Å²) in [4.78, 5) is 14.3. The van der Waals surface area contributed by atoms with Crippen LogP contribution in [0.25, 0.3) is 10.9 Å². The summed E-state index contributed by atoms with van der Waals surface area (Å²) in [5.74, 6) is 0.155. The molecule has 5 nitrogen and oxygen atoms in total. The van der Waals surface area contributed by atoms with Crippen LogP contribution in [0, 0.1) is 5.82 Å². The number of nitrogens with zero attached hydrogens (tertiary/aromatic N) is 4. The fraction of sp³-hybridized carbons (Fsp3) is 0.417. The zero-order valence-corrected chi connectivity index (χ0v) is 11.7. The molecule has 0 saturated carbocycles. The van der Waals surface area contributed by atoms with Gasteiger partial charge in [0.1, 0.15) is 23.3 Å². The van der Waals surface area contributed by atoms with Crippen LogP contribution in [-0.4, -0.2) is 34.1 Å². The number of pyridine rings is 1. The number of rotatable bonds is 0. The maximum atomic E-state index is 14.2. The molecule has 20 heavy (non-hydrogen) atoms. The first-order valence-electron chi connectivity index (χ1n) is 6.27. The molecule has 0 spiro atoms. The third-order valence-corrected chi connectivity index (χ3v) is 4.15. The van der Waals surface area contributed by atoms with Gasteiger partial charge in [0.15, 0.2) is 11.0 Å². The molecular formula is C12H9Cl2FN4O. The van der Waals surface area contributed by atoms with Crippen molar-refractivity contribution in [2.45, 2.75) is 18.9 Å². The van der Waals surface area contributed by atoms with Gasteiger partial charge in [-0.2, -0.15) is 9.97 Å². The zero-order valence-electron chi connectivity index (χ0n) is 10.2. The Kier molecular flexibility index (Phi) is 2.65. The largest absolute Gasteiger partial charge is 0.475 e. The first-order valence-corrected chi connectivity index (χ1v) is 7.02. The highest BCUT2D eigenvalue weighted by atomic mass is 35.5. The lowest BCUT2D eigenvalue weighted by Crippen LogP contribution is -2.33. The van der Waals surface area contributed by atoms with Gasteiger partial charge in [-0.25, -0.2) is 9.37 Å². The normalized spacial score (nSPS) is 20.8. The lowest BCUT2D eigenvalue weighted by molar-refractivity contribution is 0.285. The van der Waals surface area contributed by atoms with Gasteiger partial charge in [-0.05, 0) is 24.4 Å². The third kappa shape index (κ3) is 1.64. The molecule has 1 atom stereocenters. The molecule has 2 aliphatic rings. The number of hydrogen-bond donors (Lipinski definition) is 0. The summed E-state index contributed by atoms with van der Waals surface area (Å²) < 4.78 is 19.8. The molecule has 1 fully saturated rings. The minimum Gasteiger partial charge on any atom is -0.475 e. The highest BCUT2D eigenvalue weighted by Crippen LogP contribution is 2.40. The molecule has 0 N–H and O–H groups in total. The summed E-state index contributed by atoms with van der Waals surface area (Å²) in [5.41, 5.74) is 0.0579. The molecule has 0 amide bonds. The average molecular weight is 315 g/mol. The van der Waals surface area contributed by atoms with E-state index in [0.29, 0.717) is 17.8 Å². The van der Waals surface area contributed by atoms with Gasteiger partial charge in [-0.1, -0.05) is 11.6 Å². The van der Waals surface area contributed by atoms with Crippen LogP contribution in [0.3, 0.4) is 0 Å². The van der Waals surface area contributed by atoms with E-state index in [-0.39, 0.29) is 27.9 Å². The van der Waals surface area contributed by atoms with Gasteiger partial charge in [-0.15, -0.1) is 0 Å². The van der Waals surface area contributed by atoms with Gasteiger partial charge in [0.05, 0.1) is 6.04 Å². The molecule has 8 heteroatoms. The van der Waals surface area contributed by atoms with Gasteiger partial charge in [0.2, 0.25) is 11.2 Å². The van der Waals surface area contributed by atoms with Crippen molar-refractivity contribution < 1.29 is 9.13 Å². The quantitative estimate of drug-likeness (QED) is 0.553. The molecule has 0 bridgehead atoms. The molecule has 2 aliphatic heterocycles. The van der Waals surface area contributed by atoms with E-state index in [1.807, 2.05) is 0 Å². The number of aromatic nitrogens is 3. The third-order valence-electron chi connectivity index (χ3n) is 3.73. The summed E-state index contributed by atoms with van der Waals surface area (Å²) in [6, 6.07) is 0.195. The van der Waals surface area contributed by atoms with Crippen molar-refractivity contribution in [2.75, 3.05) is 18.1 Å². The van der Waals surface area contributed by atoms with Gasteiger partial charge < -0.3 is 9.64 Å². The molecule has 2 aromatic rings. The lowest BCUT2D eigenvalue weighted by Gasteiger charge is -2.23. The molecular weight excluding hydrogens is 306 g/mol. The molecule has 1 saturated heterocycles. The second-order valence-electron chi connectivity index (χ2n) is 4.86. The van der Waals surface area contributed by atoms with Crippen molar-refractivity contribution >= 4 is 39.9 Å². The van der Waals surface area contributed by atoms with Crippen LogP contribution in [0.2, 0.25) is 10.4 Å². The fourth-order valence-corrected chi connectivity index (χ4v) is 3.18. The van der Waals surface area contributed by atoms with Crippen molar-refractivity contribution in [3.05, 3.63) is 16.3 Å². The highest BCUT2D eigenvalue weighted by molar-refractivity contribution is 6.31. The number of anilines is 1. The number of fused-ring (bicyclic) bond motifs is 2. The van der Waals surface area contributed by atoms with E-state index in [1.165, 1.54) is 0 Å². The van der Waals surface area contributed by atoms with E-state index >= 15 is 0 Å². The Bertz CT molecular complexity index is 726. The molecule has 0 radical (unpaired) electrons. The Labute approximate surface area is 123 Å². The minimum atomic E-state index is -0.697. The molecule has 0 aliphatic carbocycles. The number of halogens is 3. The second-order valence-corrected chi connectivity index (χ2v) is 5.56. The van der Waals surface area contributed by atoms with Crippen molar-refractivity contribution in [2.24, 2.45) is 0 Å². The smallest absolute Gasteiger partial charge is 0.228 e. The Morgan fingerprint density at radius 1 is 1.25 bits per heavy atom. The van der Waals surface area contributed by atoms with Crippen LogP contribution in [-0.2, 0) is 0 Å². The molecule has 0 aromatic carbocycles. The molecule has 104 valence electrons. The maximum absolute atomic E-state index is 14.2. The summed E-state index contributed by atoms with van der Waals surface area (Å²) in [5, 5.41) is 0.170. The summed E-state index contributed by atoms with van der Waals surface area (Å²) in [7, 11) is 0. The van der Waals surface area contributed by atoms with E-state index in [9.17, 15) is 4.39 Å². The number of ether oxygens (including phenoxy) is 1. The minimum absolute atomic E-state index is 0.00725. The molecule has 1 unspecified atom stereocenters. The second kappa shape index (κ2) is 4.30. The fourth-order valence-electron chi connectivity index (χ4n) is 2.85. The van der Waals surface area contributed by atoms with Gasteiger partial charge in [0, 0.05) is 6.54 Å². The first-order chi connectivity index (χ1) is 9.65. The van der Waals surface area contributed by atoms with Gasteiger partial charge in [0.25, 0.3) is 0 Å². The highest BCUT2D eigenvalue weighted by Gasteiger charge is 2.33. The van der Waals surface area contributed by atoms with Crippen LogP contribution in [0.15, 0.2) is 0 Å². The van der Waals surface area contributed by atoms with Crippen molar-refractivity contribution in [1.82, 2.24) is 15.0 Å². The summed E-state index contributed by atoms with van der Waals surface area (Å²) in [6.45, 7) is 1.30. The molecule has 4 rings (SSSR count). The van der Waals surface area contributed by atoms with E-state index in [1.54, 1.807) is 0 Å². The van der Waals surface area contributed by atoms with Crippen LogP contribution >= 0.6 is 23.2 Å². The molecule has 2 aromatic heterocycles. The standard InChI is InChI=1S/C12H9Cl2FN4O/c13-9-7(15)8-6-10(18-12(14)16-8)19-3-1-2-5(19)4-20-11(6)17-9/h5H,1-4H2. The topological polar surface area (TPSA) is 51.1 Å². The van der Waals surface area contributed by atoms with Gasteiger partial charge in [-0.3, -0.25) is 0 Å². The summed E-state index contributed by atoms with van der Waals surface area (Å²) in [6.07, 6.45) is 2.03. The zero-order chi connectivity index (χ0) is 13.9. The summed E-state index contributed by atoms with van der Waals surface area (Å²) >= 11 is 11.7. The number of hydrogen-bond acceptors (Lipinski definition) is 5. The van der Waals surface area contributed by atoms with E-state index in [4.69, 9.17) is 27.9 Å². The predicted molar refractivity (Wildman–Crippen MR) is 73.2 cm³/mol. The SMILES string of the molecule is Fc1c(Cl)nc2c3c(nc(Cl)nc13)N1CCCC1CO2. The van der Waals surface area contributed by atoms with Crippen molar-refractivity contribution in [3.63, 3.8) is 0 Å². The Hall–Kier alpha value is -1.40. The van der Waals surface area contributed by atoms with Crippen LogP contribution in [0.5, 0.6) is 5.88 Å². The average Bonchev–Trinajstić information content (AvgIpc) is 2.84. The van der Waals surface area contributed by atoms with Crippen molar-refractivity contribution in [3.8, 4) is 5.88 Å². The Morgan fingerprint density at radius 3 is 2.95 bits per heavy atom. The van der Waals surface area contributed by atoms with E-state index in [0.717, 1.165) is 19.4 Å².